The number of carbonyl (C=O) groups excluding carboxylic acids is 2. The molecule has 0 aliphatic rings. The second-order valence-corrected chi connectivity index (χ2v) is 3.62. The van der Waals surface area contributed by atoms with Crippen molar-refractivity contribution >= 4 is 17.9 Å². The maximum Gasteiger partial charge on any atom is 0.339 e. The van der Waals surface area contributed by atoms with Gasteiger partial charge >= 0.3 is 17.9 Å². The van der Waals surface area contributed by atoms with Gasteiger partial charge in [-0.05, 0) is 12.1 Å². The Morgan fingerprint density at radius 1 is 1.05 bits per heavy atom. The fourth-order valence-corrected chi connectivity index (χ4v) is 1.23. The summed E-state index contributed by atoms with van der Waals surface area (Å²) in [5, 5.41) is 8.97. The van der Waals surface area contributed by atoms with Crippen LogP contribution in [0, 0.1) is 0 Å². The van der Waals surface area contributed by atoms with Crippen LogP contribution in [0.2, 0.25) is 0 Å². The van der Waals surface area contributed by atoms with E-state index in [1.165, 1.54) is 18.2 Å². The minimum atomic E-state index is -1.23. The summed E-state index contributed by atoms with van der Waals surface area (Å²) >= 11 is 0. The molecule has 0 saturated carbocycles. The van der Waals surface area contributed by atoms with Gasteiger partial charge < -0.3 is 14.6 Å². The predicted molar refractivity (Wildman–Crippen MR) is 65.3 cm³/mol. The summed E-state index contributed by atoms with van der Waals surface area (Å²) < 4.78 is 9.83. The molecular formula is C13H14O6. The summed E-state index contributed by atoms with van der Waals surface area (Å²) in [6, 6.07) is 3.77. The lowest BCUT2D eigenvalue weighted by molar-refractivity contribution is -0.134. The van der Waals surface area contributed by atoms with Crippen LogP contribution in [0.25, 0.3) is 0 Å². The van der Waals surface area contributed by atoms with Crippen LogP contribution in [0.1, 0.15) is 37.0 Å². The molecule has 6 heteroatoms. The van der Waals surface area contributed by atoms with Gasteiger partial charge in [0.1, 0.15) is 17.1 Å². The normalized spacial score (nSPS) is 9.79. The molecule has 0 atom stereocenters. The first kappa shape index (κ1) is 14.7. The minimum absolute atomic E-state index is 0.109. The molecule has 0 saturated heterocycles. The van der Waals surface area contributed by atoms with Crippen molar-refractivity contribution in [3.63, 3.8) is 0 Å². The Bertz CT molecular complexity index is 506. The molecule has 0 unspecified atom stereocenters. The van der Waals surface area contributed by atoms with Gasteiger partial charge in [0.05, 0.1) is 0 Å². The molecule has 1 aromatic rings. The van der Waals surface area contributed by atoms with E-state index in [0.29, 0.717) is 0 Å². The molecular weight excluding hydrogens is 252 g/mol. The van der Waals surface area contributed by atoms with E-state index in [2.05, 4.69) is 0 Å². The van der Waals surface area contributed by atoms with Gasteiger partial charge in [0, 0.05) is 18.9 Å². The van der Waals surface area contributed by atoms with Gasteiger partial charge in [-0.2, -0.15) is 0 Å². The highest BCUT2D eigenvalue weighted by Gasteiger charge is 2.16. The summed E-state index contributed by atoms with van der Waals surface area (Å²) in [7, 11) is 0. The fraction of sp³-hybridized carbons (Fsp3) is 0.308. The summed E-state index contributed by atoms with van der Waals surface area (Å²) in [4.78, 5) is 33.3. The molecule has 1 rings (SSSR count). The molecule has 0 amide bonds. The number of aromatic carboxylic acids is 1. The van der Waals surface area contributed by atoms with Crippen LogP contribution in [0.5, 0.6) is 11.5 Å². The van der Waals surface area contributed by atoms with E-state index >= 15 is 0 Å². The smallest absolute Gasteiger partial charge is 0.339 e. The van der Waals surface area contributed by atoms with E-state index in [1.807, 2.05) is 0 Å². The Hall–Kier alpha value is -2.37. The second kappa shape index (κ2) is 6.53. The third-order valence-electron chi connectivity index (χ3n) is 2.22. The van der Waals surface area contributed by atoms with Gasteiger partial charge in [-0.3, -0.25) is 9.59 Å². The van der Waals surface area contributed by atoms with Crippen molar-refractivity contribution in [2.75, 3.05) is 0 Å². The van der Waals surface area contributed by atoms with Gasteiger partial charge in [0.15, 0.2) is 0 Å². The fourth-order valence-electron chi connectivity index (χ4n) is 1.23. The van der Waals surface area contributed by atoms with Crippen LogP contribution < -0.4 is 9.47 Å². The Labute approximate surface area is 109 Å². The summed E-state index contributed by atoms with van der Waals surface area (Å²) in [5.41, 5.74) is -0.168. The molecule has 0 spiro atoms. The van der Waals surface area contributed by atoms with E-state index in [9.17, 15) is 14.4 Å². The lowest BCUT2D eigenvalue weighted by Crippen LogP contribution is -2.11. The van der Waals surface area contributed by atoms with Crippen molar-refractivity contribution < 1.29 is 29.0 Å². The van der Waals surface area contributed by atoms with E-state index in [4.69, 9.17) is 14.6 Å². The van der Waals surface area contributed by atoms with Gasteiger partial charge in [-0.25, -0.2) is 4.79 Å². The highest BCUT2D eigenvalue weighted by molar-refractivity contribution is 5.92. The van der Waals surface area contributed by atoms with Gasteiger partial charge in [0.25, 0.3) is 0 Å². The molecule has 0 aliphatic carbocycles. The molecule has 1 N–H and O–H groups in total. The first-order chi connectivity index (χ1) is 8.97. The molecule has 0 heterocycles. The zero-order valence-corrected chi connectivity index (χ0v) is 10.6. The first-order valence-corrected chi connectivity index (χ1v) is 5.76. The second-order valence-electron chi connectivity index (χ2n) is 3.62. The van der Waals surface area contributed by atoms with Crippen molar-refractivity contribution in [1.29, 1.82) is 0 Å². The number of carbonyl (C=O) groups is 3. The van der Waals surface area contributed by atoms with Gasteiger partial charge in [-0.15, -0.1) is 0 Å². The molecule has 0 bridgehead atoms. The van der Waals surface area contributed by atoms with Crippen molar-refractivity contribution in [3.05, 3.63) is 23.8 Å². The summed E-state index contributed by atoms with van der Waals surface area (Å²) in [6.07, 6.45) is 0.294. The van der Waals surface area contributed by atoms with Gasteiger partial charge in [-0.1, -0.05) is 13.8 Å². The number of rotatable bonds is 5. The molecule has 0 aromatic heterocycles. The lowest BCUT2D eigenvalue weighted by atomic mass is 10.2. The van der Waals surface area contributed by atoms with Crippen LogP contribution >= 0.6 is 0 Å². The molecule has 6 nitrogen and oxygen atoms in total. The molecule has 0 fully saturated rings. The van der Waals surface area contributed by atoms with E-state index in [1.54, 1.807) is 13.8 Å². The average Bonchev–Trinajstić information content (AvgIpc) is 2.38. The monoisotopic (exact) mass is 266 g/mol. The number of benzene rings is 1. The first-order valence-electron chi connectivity index (χ1n) is 5.76. The molecule has 19 heavy (non-hydrogen) atoms. The zero-order chi connectivity index (χ0) is 14.4. The van der Waals surface area contributed by atoms with Crippen molar-refractivity contribution in [3.8, 4) is 11.5 Å². The molecule has 1 aromatic carbocycles. The van der Waals surface area contributed by atoms with Crippen LogP contribution in [-0.4, -0.2) is 23.0 Å². The standard InChI is InChI=1S/C13H14O6/c1-3-11(14)18-8-5-6-9(13(16)17)10(7-8)19-12(15)4-2/h5-7H,3-4H2,1-2H3,(H,16,17). The minimum Gasteiger partial charge on any atom is -0.478 e. The van der Waals surface area contributed by atoms with E-state index in [0.717, 1.165) is 0 Å². The van der Waals surface area contributed by atoms with Crippen LogP contribution in [0.15, 0.2) is 18.2 Å². The number of esters is 2. The predicted octanol–water partition coefficient (Wildman–Crippen LogP) is 2.02. The quantitative estimate of drug-likeness (QED) is 0.647. The molecule has 102 valence electrons. The molecule has 0 radical (unpaired) electrons. The SMILES string of the molecule is CCC(=O)Oc1ccc(C(=O)O)c(OC(=O)CC)c1. The van der Waals surface area contributed by atoms with Crippen molar-refractivity contribution in [2.24, 2.45) is 0 Å². The number of hydrogen-bond donors (Lipinski definition) is 1. The van der Waals surface area contributed by atoms with Crippen LogP contribution in [0.3, 0.4) is 0 Å². The average molecular weight is 266 g/mol. The third-order valence-corrected chi connectivity index (χ3v) is 2.22. The zero-order valence-electron chi connectivity index (χ0n) is 10.6. The van der Waals surface area contributed by atoms with E-state index in [-0.39, 0.29) is 29.9 Å². The third kappa shape index (κ3) is 4.09. The van der Waals surface area contributed by atoms with E-state index < -0.39 is 17.9 Å². The molecule has 0 aliphatic heterocycles. The number of carboxylic acids is 1. The van der Waals surface area contributed by atoms with Crippen LogP contribution in [0.4, 0.5) is 0 Å². The maximum atomic E-state index is 11.2. The number of ether oxygens (including phenoxy) is 2. The Kier molecular flexibility index (Phi) is 5.05. The van der Waals surface area contributed by atoms with Crippen molar-refractivity contribution in [1.82, 2.24) is 0 Å². The topological polar surface area (TPSA) is 89.9 Å². The number of hydrogen-bond acceptors (Lipinski definition) is 5. The van der Waals surface area contributed by atoms with Gasteiger partial charge in [0.2, 0.25) is 0 Å². The summed E-state index contributed by atoms with van der Waals surface area (Å²) in [6.45, 7) is 3.22. The summed E-state index contributed by atoms with van der Waals surface area (Å²) in [5.74, 6) is -2.26. The Morgan fingerprint density at radius 2 is 1.63 bits per heavy atom. The highest BCUT2D eigenvalue weighted by atomic mass is 16.5. The van der Waals surface area contributed by atoms with Crippen LogP contribution in [-0.2, 0) is 9.59 Å². The maximum absolute atomic E-state index is 11.2. The number of carboxylic acid groups (broad SMARTS) is 1. The highest BCUT2D eigenvalue weighted by Crippen LogP contribution is 2.25. The Morgan fingerprint density at radius 3 is 2.16 bits per heavy atom. The largest absolute Gasteiger partial charge is 0.478 e. The van der Waals surface area contributed by atoms with Crippen molar-refractivity contribution in [2.45, 2.75) is 26.7 Å². The lowest BCUT2D eigenvalue weighted by Gasteiger charge is -2.09. The Balaban J connectivity index is 3.07.